The lowest BCUT2D eigenvalue weighted by atomic mass is 9.79. The molecule has 4 nitrogen and oxygen atoms in total. The number of piperidine rings is 2. The van der Waals surface area contributed by atoms with Crippen LogP contribution in [0.2, 0.25) is 0 Å². The Morgan fingerprint density at radius 2 is 1.95 bits per heavy atom. The third kappa shape index (κ3) is 2.65. The average Bonchev–Trinajstić information content (AvgIpc) is 2.47. The van der Waals surface area contributed by atoms with E-state index in [0.717, 1.165) is 45.6 Å². The topological polar surface area (TPSA) is 35.6 Å². The lowest BCUT2D eigenvalue weighted by Crippen LogP contribution is -2.59. The fourth-order valence-electron chi connectivity index (χ4n) is 3.91. The Hall–Kier alpha value is -0.610. The van der Waals surface area contributed by atoms with E-state index in [1.165, 1.54) is 25.8 Å². The van der Waals surface area contributed by atoms with Gasteiger partial charge in [0.15, 0.2) is 0 Å². The number of amides is 1. The first-order valence-corrected chi connectivity index (χ1v) is 7.93. The minimum Gasteiger partial charge on any atom is -0.339 e. The van der Waals surface area contributed by atoms with E-state index in [1.54, 1.807) is 0 Å². The molecule has 3 aliphatic rings. The zero-order valence-corrected chi connectivity index (χ0v) is 12.2. The fraction of sp³-hybridized carbons (Fsp3) is 0.933. The Balaban J connectivity index is 1.64. The molecule has 0 aromatic carbocycles. The van der Waals surface area contributed by atoms with Crippen LogP contribution in [0.15, 0.2) is 0 Å². The highest BCUT2D eigenvalue weighted by molar-refractivity contribution is 5.82. The molecule has 19 heavy (non-hydrogen) atoms. The molecular weight excluding hydrogens is 238 g/mol. The molecule has 0 spiro atoms. The number of hydrogen-bond acceptors (Lipinski definition) is 3. The maximum Gasteiger partial charge on any atom is 0.228 e. The van der Waals surface area contributed by atoms with E-state index >= 15 is 0 Å². The summed E-state index contributed by atoms with van der Waals surface area (Å²) in [6, 6.07) is 0.636. The Morgan fingerprint density at radius 3 is 2.74 bits per heavy atom. The molecule has 0 aromatic rings. The molecule has 3 heterocycles. The molecular formula is C15H27N3O. The van der Waals surface area contributed by atoms with Gasteiger partial charge < -0.3 is 10.2 Å². The van der Waals surface area contributed by atoms with E-state index in [9.17, 15) is 4.79 Å². The van der Waals surface area contributed by atoms with E-state index in [1.807, 2.05) is 0 Å². The number of carbonyl (C=O) groups excluding carboxylic acids is 1. The normalized spacial score (nSPS) is 31.8. The van der Waals surface area contributed by atoms with Crippen LogP contribution in [0, 0.1) is 5.41 Å². The van der Waals surface area contributed by atoms with Crippen molar-refractivity contribution in [2.45, 2.75) is 45.1 Å². The van der Waals surface area contributed by atoms with Crippen LogP contribution in [0.5, 0.6) is 0 Å². The second-order valence-corrected chi connectivity index (χ2v) is 6.75. The highest BCUT2D eigenvalue weighted by atomic mass is 16.2. The van der Waals surface area contributed by atoms with Crippen molar-refractivity contribution in [3.8, 4) is 0 Å². The van der Waals surface area contributed by atoms with Crippen molar-refractivity contribution in [1.29, 1.82) is 0 Å². The summed E-state index contributed by atoms with van der Waals surface area (Å²) in [6.07, 6.45) is 5.95. The number of piperazine rings is 1. The van der Waals surface area contributed by atoms with Crippen molar-refractivity contribution < 1.29 is 4.79 Å². The summed E-state index contributed by atoms with van der Waals surface area (Å²) in [6.45, 7) is 8.40. The first-order valence-electron chi connectivity index (χ1n) is 7.93. The minimum absolute atomic E-state index is 0.109. The van der Waals surface area contributed by atoms with Crippen molar-refractivity contribution >= 4 is 5.91 Å². The van der Waals surface area contributed by atoms with Gasteiger partial charge >= 0.3 is 0 Å². The predicted octanol–water partition coefficient (Wildman–Crippen LogP) is 1.07. The molecule has 0 aliphatic carbocycles. The number of hydrogen-bond donors (Lipinski definition) is 1. The molecule has 1 N–H and O–H groups in total. The van der Waals surface area contributed by atoms with E-state index < -0.39 is 0 Å². The van der Waals surface area contributed by atoms with Crippen LogP contribution in [-0.2, 0) is 4.79 Å². The largest absolute Gasteiger partial charge is 0.339 e. The van der Waals surface area contributed by atoms with Crippen molar-refractivity contribution in [3.05, 3.63) is 0 Å². The van der Waals surface area contributed by atoms with Crippen LogP contribution in [0.3, 0.4) is 0 Å². The molecule has 0 aromatic heterocycles. The van der Waals surface area contributed by atoms with Gasteiger partial charge in [0, 0.05) is 31.1 Å². The quantitative estimate of drug-likeness (QED) is 0.770. The lowest BCUT2D eigenvalue weighted by Gasteiger charge is -2.46. The van der Waals surface area contributed by atoms with Gasteiger partial charge in [-0.15, -0.1) is 0 Å². The van der Waals surface area contributed by atoms with Crippen LogP contribution in [0.4, 0.5) is 0 Å². The maximum atomic E-state index is 12.8. The lowest BCUT2D eigenvalue weighted by molar-refractivity contribution is -0.146. The first-order chi connectivity index (χ1) is 9.19. The van der Waals surface area contributed by atoms with E-state index in [-0.39, 0.29) is 5.41 Å². The smallest absolute Gasteiger partial charge is 0.228 e. The number of nitrogens with one attached hydrogen (secondary N) is 1. The summed E-state index contributed by atoms with van der Waals surface area (Å²) in [4.78, 5) is 17.6. The second kappa shape index (κ2) is 5.41. The standard InChI is InChI=1S/C15H27N3O/c1-15(5-7-16-8-6-15)14(19)18-11-10-17-9-3-2-4-13(17)12-18/h13,16H,2-12H2,1H3. The summed E-state index contributed by atoms with van der Waals surface area (Å²) in [5, 5.41) is 3.36. The Morgan fingerprint density at radius 1 is 1.16 bits per heavy atom. The predicted molar refractivity (Wildman–Crippen MR) is 76.0 cm³/mol. The van der Waals surface area contributed by atoms with E-state index in [2.05, 4.69) is 22.0 Å². The summed E-state index contributed by atoms with van der Waals surface area (Å²) >= 11 is 0. The van der Waals surface area contributed by atoms with Gasteiger partial charge in [-0.2, -0.15) is 0 Å². The fourth-order valence-corrected chi connectivity index (χ4v) is 3.91. The molecule has 1 amide bonds. The number of fused-ring (bicyclic) bond motifs is 1. The molecule has 108 valence electrons. The van der Waals surface area contributed by atoms with Crippen LogP contribution in [0.25, 0.3) is 0 Å². The molecule has 0 saturated carbocycles. The van der Waals surface area contributed by atoms with Gasteiger partial charge in [0.1, 0.15) is 0 Å². The molecule has 3 saturated heterocycles. The molecule has 4 heteroatoms. The zero-order chi connectivity index (χ0) is 13.3. The summed E-state index contributed by atoms with van der Waals surface area (Å²) < 4.78 is 0. The van der Waals surface area contributed by atoms with Crippen LogP contribution < -0.4 is 5.32 Å². The van der Waals surface area contributed by atoms with Crippen LogP contribution in [0.1, 0.15) is 39.0 Å². The average molecular weight is 265 g/mol. The van der Waals surface area contributed by atoms with Gasteiger partial charge in [-0.25, -0.2) is 0 Å². The highest BCUT2D eigenvalue weighted by Gasteiger charge is 2.40. The molecule has 3 fully saturated rings. The number of carbonyl (C=O) groups is 1. The molecule has 0 bridgehead atoms. The Bertz CT molecular complexity index is 338. The van der Waals surface area contributed by atoms with Crippen LogP contribution >= 0.6 is 0 Å². The van der Waals surface area contributed by atoms with Gasteiger partial charge in [-0.05, 0) is 45.3 Å². The third-order valence-electron chi connectivity index (χ3n) is 5.35. The Kier molecular flexibility index (Phi) is 3.81. The monoisotopic (exact) mass is 265 g/mol. The molecule has 3 rings (SSSR count). The summed E-state index contributed by atoms with van der Waals surface area (Å²) in [7, 11) is 0. The van der Waals surface area contributed by atoms with Crippen molar-refractivity contribution in [1.82, 2.24) is 15.1 Å². The zero-order valence-electron chi connectivity index (χ0n) is 12.2. The van der Waals surface area contributed by atoms with Gasteiger partial charge in [0.25, 0.3) is 0 Å². The molecule has 1 atom stereocenters. The van der Waals surface area contributed by atoms with E-state index in [0.29, 0.717) is 11.9 Å². The van der Waals surface area contributed by atoms with Gasteiger partial charge in [-0.1, -0.05) is 13.3 Å². The van der Waals surface area contributed by atoms with Gasteiger partial charge in [0.2, 0.25) is 5.91 Å². The van der Waals surface area contributed by atoms with Gasteiger partial charge in [-0.3, -0.25) is 9.69 Å². The summed E-state index contributed by atoms with van der Waals surface area (Å²) in [5.74, 6) is 0.416. The third-order valence-corrected chi connectivity index (χ3v) is 5.35. The highest BCUT2D eigenvalue weighted by Crippen LogP contribution is 2.32. The number of nitrogens with zero attached hydrogens (tertiary/aromatic N) is 2. The molecule has 1 unspecified atom stereocenters. The van der Waals surface area contributed by atoms with Crippen molar-refractivity contribution in [2.24, 2.45) is 5.41 Å². The maximum absolute atomic E-state index is 12.8. The molecule has 3 aliphatic heterocycles. The minimum atomic E-state index is -0.109. The second-order valence-electron chi connectivity index (χ2n) is 6.75. The van der Waals surface area contributed by atoms with Gasteiger partial charge in [0.05, 0.1) is 0 Å². The van der Waals surface area contributed by atoms with Crippen molar-refractivity contribution in [2.75, 3.05) is 39.3 Å². The molecule has 0 radical (unpaired) electrons. The Labute approximate surface area is 116 Å². The van der Waals surface area contributed by atoms with E-state index in [4.69, 9.17) is 0 Å². The van der Waals surface area contributed by atoms with Crippen molar-refractivity contribution in [3.63, 3.8) is 0 Å². The van der Waals surface area contributed by atoms with Crippen LogP contribution in [-0.4, -0.2) is 61.0 Å². The first kappa shape index (κ1) is 13.4. The number of rotatable bonds is 1. The summed E-state index contributed by atoms with van der Waals surface area (Å²) in [5.41, 5.74) is -0.109. The SMILES string of the molecule is CC1(C(=O)N2CCN3CCCCC3C2)CCNCC1.